The average Bonchev–Trinajstić information content (AvgIpc) is 2.50. The van der Waals surface area contributed by atoms with E-state index >= 15 is 0 Å². The zero-order valence-corrected chi connectivity index (χ0v) is 15.9. The van der Waals surface area contributed by atoms with Crippen molar-refractivity contribution in [3.8, 4) is 0 Å². The highest BCUT2D eigenvalue weighted by Crippen LogP contribution is 2.22. The van der Waals surface area contributed by atoms with Crippen molar-refractivity contribution >= 4 is 27.9 Å². The molecule has 1 aliphatic heterocycles. The van der Waals surface area contributed by atoms with Crippen molar-refractivity contribution in [2.45, 2.75) is 33.3 Å². The van der Waals surface area contributed by atoms with Gasteiger partial charge in [0.2, 0.25) is 0 Å². The van der Waals surface area contributed by atoms with Gasteiger partial charge in [0.25, 0.3) is 5.91 Å². The Balaban J connectivity index is 1.99. The molecule has 1 aliphatic rings. The maximum absolute atomic E-state index is 13.8. The third-order valence-electron chi connectivity index (χ3n) is 3.75. The zero-order valence-electron chi connectivity index (χ0n) is 14.4. The Kier molecular flexibility index (Phi) is 5.52. The van der Waals surface area contributed by atoms with E-state index in [9.17, 15) is 14.0 Å². The van der Waals surface area contributed by atoms with Crippen molar-refractivity contribution in [1.82, 2.24) is 9.80 Å². The minimum Gasteiger partial charge on any atom is -0.444 e. The van der Waals surface area contributed by atoms with Gasteiger partial charge < -0.3 is 14.5 Å². The second-order valence-corrected chi connectivity index (χ2v) is 7.68. The minimum atomic E-state index is -0.546. The number of nitrogens with zero attached hydrogens (tertiary/aromatic N) is 2. The van der Waals surface area contributed by atoms with E-state index in [2.05, 4.69) is 15.9 Å². The molecule has 7 heteroatoms. The van der Waals surface area contributed by atoms with Gasteiger partial charge in [0.1, 0.15) is 11.4 Å². The summed E-state index contributed by atoms with van der Waals surface area (Å²) in [5.74, 6) is -0.654. The molecular formula is C17H22BrFN2O3. The molecule has 2 amide bonds. The molecule has 0 spiro atoms. The fourth-order valence-corrected chi connectivity index (χ4v) is 2.81. The lowest BCUT2D eigenvalue weighted by Gasteiger charge is -2.35. The van der Waals surface area contributed by atoms with Crippen LogP contribution >= 0.6 is 15.9 Å². The van der Waals surface area contributed by atoms with Crippen LogP contribution in [0.25, 0.3) is 0 Å². The fourth-order valence-electron chi connectivity index (χ4n) is 2.37. The van der Waals surface area contributed by atoms with Crippen molar-refractivity contribution in [2.75, 3.05) is 26.2 Å². The standard InChI is InChI=1S/C17H22BrFN2O3/c1-11-13(18)9-12(10-14(11)19)15(22)20-5-7-21(8-6-20)16(23)24-17(2,3)4/h9-10H,5-8H2,1-4H3. The number of benzene rings is 1. The van der Waals surface area contributed by atoms with Gasteiger partial charge in [-0.2, -0.15) is 0 Å². The molecule has 5 nitrogen and oxygen atoms in total. The van der Waals surface area contributed by atoms with Crippen LogP contribution < -0.4 is 0 Å². The first-order valence-corrected chi connectivity index (χ1v) is 8.60. The molecule has 0 aromatic heterocycles. The van der Waals surface area contributed by atoms with E-state index in [0.717, 1.165) is 0 Å². The van der Waals surface area contributed by atoms with E-state index in [1.807, 2.05) is 20.8 Å². The number of piperazine rings is 1. The summed E-state index contributed by atoms with van der Waals surface area (Å²) in [6, 6.07) is 2.88. The topological polar surface area (TPSA) is 49.9 Å². The normalized spacial score (nSPS) is 15.4. The third-order valence-corrected chi connectivity index (χ3v) is 4.57. The van der Waals surface area contributed by atoms with E-state index in [4.69, 9.17) is 4.74 Å². The number of hydrogen-bond donors (Lipinski definition) is 0. The van der Waals surface area contributed by atoms with Gasteiger partial charge in [-0.15, -0.1) is 0 Å². The molecule has 1 heterocycles. The number of hydrogen-bond acceptors (Lipinski definition) is 3. The lowest BCUT2D eigenvalue weighted by atomic mass is 10.1. The molecule has 1 fully saturated rings. The average molecular weight is 401 g/mol. The van der Waals surface area contributed by atoms with Crippen LogP contribution in [0, 0.1) is 12.7 Å². The summed E-state index contributed by atoms with van der Waals surface area (Å²) in [6.45, 7) is 8.67. The highest BCUT2D eigenvalue weighted by atomic mass is 79.9. The number of ether oxygens (including phenoxy) is 1. The van der Waals surface area contributed by atoms with Crippen LogP contribution in [0.2, 0.25) is 0 Å². The van der Waals surface area contributed by atoms with E-state index in [1.54, 1.807) is 22.8 Å². The maximum atomic E-state index is 13.8. The van der Waals surface area contributed by atoms with Gasteiger partial charge in [-0.05, 0) is 45.4 Å². The first-order chi connectivity index (χ1) is 11.1. The van der Waals surface area contributed by atoms with E-state index in [0.29, 0.717) is 41.8 Å². The predicted octanol–water partition coefficient (Wildman–Crippen LogP) is 3.59. The number of rotatable bonds is 1. The number of amides is 2. The quantitative estimate of drug-likeness (QED) is 0.723. The molecule has 0 atom stereocenters. The molecule has 0 unspecified atom stereocenters. The molecular weight excluding hydrogens is 379 g/mol. The van der Waals surface area contributed by atoms with Gasteiger partial charge >= 0.3 is 6.09 Å². The maximum Gasteiger partial charge on any atom is 0.410 e. The third kappa shape index (κ3) is 4.47. The molecule has 0 aliphatic carbocycles. The molecule has 1 aromatic rings. The van der Waals surface area contributed by atoms with Gasteiger partial charge in [0, 0.05) is 36.2 Å². The van der Waals surface area contributed by atoms with Crippen LogP contribution in [0.5, 0.6) is 0 Å². The SMILES string of the molecule is Cc1c(F)cc(C(=O)N2CCN(C(=O)OC(C)(C)C)CC2)cc1Br. The van der Waals surface area contributed by atoms with Crippen LogP contribution in [0.15, 0.2) is 16.6 Å². The molecule has 2 rings (SSSR count). The van der Waals surface area contributed by atoms with E-state index in [1.165, 1.54) is 6.07 Å². The summed E-state index contributed by atoms with van der Waals surface area (Å²) in [6.07, 6.45) is -0.376. The van der Waals surface area contributed by atoms with Crippen molar-refractivity contribution < 1.29 is 18.7 Å². The fraction of sp³-hybridized carbons (Fsp3) is 0.529. The Bertz CT molecular complexity index is 627. The second-order valence-electron chi connectivity index (χ2n) is 6.82. The Morgan fingerprint density at radius 2 is 1.67 bits per heavy atom. The summed E-state index contributed by atoms with van der Waals surface area (Å²) in [4.78, 5) is 27.8. The first-order valence-electron chi connectivity index (χ1n) is 7.81. The molecule has 1 saturated heterocycles. The van der Waals surface area contributed by atoms with Gasteiger partial charge in [-0.25, -0.2) is 9.18 Å². The molecule has 1 aromatic carbocycles. The summed E-state index contributed by atoms with van der Waals surface area (Å²) >= 11 is 3.27. The van der Waals surface area contributed by atoms with E-state index in [-0.39, 0.29) is 12.0 Å². The van der Waals surface area contributed by atoms with Crippen LogP contribution in [0.1, 0.15) is 36.7 Å². The number of halogens is 2. The Hall–Kier alpha value is -1.63. The largest absolute Gasteiger partial charge is 0.444 e. The summed E-state index contributed by atoms with van der Waals surface area (Å²) in [5.41, 5.74) is 0.229. The summed E-state index contributed by atoms with van der Waals surface area (Å²) in [5, 5.41) is 0. The Morgan fingerprint density at radius 1 is 1.12 bits per heavy atom. The van der Waals surface area contributed by atoms with Crippen molar-refractivity contribution in [1.29, 1.82) is 0 Å². The van der Waals surface area contributed by atoms with Gasteiger partial charge in [0.15, 0.2) is 0 Å². The van der Waals surface area contributed by atoms with Crippen molar-refractivity contribution in [3.05, 3.63) is 33.5 Å². The first kappa shape index (κ1) is 18.7. The lowest BCUT2D eigenvalue weighted by molar-refractivity contribution is 0.0141. The Morgan fingerprint density at radius 3 is 2.17 bits per heavy atom. The molecule has 24 heavy (non-hydrogen) atoms. The van der Waals surface area contributed by atoms with Gasteiger partial charge in [-0.1, -0.05) is 15.9 Å². The van der Waals surface area contributed by atoms with Gasteiger partial charge in [0.05, 0.1) is 0 Å². The molecule has 0 N–H and O–H groups in total. The number of carbonyl (C=O) groups is 2. The van der Waals surface area contributed by atoms with Crippen molar-refractivity contribution in [2.24, 2.45) is 0 Å². The number of carbonyl (C=O) groups excluding carboxylic acids is 2. The molecule has 0 radical (unpaired) electrons. The predicted molar refractivity (Wildman–Crippen MR) is 92.5 cm³/mol. The monoisotopic (exact) mass is 400 g/mol. The lowest BCUT2D eigenvalue weighted by Crippen LogP contribution is -2.51. The highest BCUT2D eigenvalue weighted by Gasteiger charge is 2.28. The molecule has 0 saturated carbocycles. The molecule has 132 valence electrons. The van der Waals surface area contributed by atoms with Crippen LogP contribution in [0.4, 0.5) is 9.18 Å². The molecule has 0 bridgehead atoms. The highest BCUT2D eigenvalue weighted by molar-refractivity contribution is 9.10. The van der Waals surface area contributed by atoms with Crippen LogP contribution in [-0.4, -0.2) is 53.6 Å². The van der Waals surface area contributed by atoms with Crippen molar-refractivity contribution in [3.63, 3.8) is 0 Å². The second kappa shape index (κ2) is 7.09. The summed E-state index contributed by atoms with van der Waals surface area (Å²) < 4.78 is 19.7. The smallest absolute Gasteiger partial charge is 0.410 e. The zero-order chi connectivity index (χ0) is 18.1. The Labute approximate surface area is 149 Å². The summed E-state index contributed by atoms with van der Waals surface area (Å²) in [7, 11) is 0. The van der Waals surface area contributed by atoms with E-state index < -0.39 is 11.4 Å². The van der Waals surface area contributed by atoms with Crippen LogP contribution in [-0.2, 0) is 4.74 Å². The van der Waals surface area contributed by atoms with Crippen LogP contribution in [0.3, 0.4) is 0 Å². The van der Waals surface area contributed by atoms with Gasteiger partial charge in [-0.3, -0.25) is 4.79 Å². The minimum absolute atomic E-state index is 0.238.